The Morgan fingerprint density at radius 1 is 1.26 bits per heavy atom. The second-order valence-electron chi connectivity index (χ2n) is 7.00. The fourth-order valence-electron chi connectivity index (χ4n) is 3.73. The molecule has 0 aromatic carbocycles. The maximum Gasteiger partial charge on any atom is 0.152 e. The van der Waals surface area contributed by atoms with Crippen LogP contribution in [0, 0.1) is 6.92 Å². The molecule has 0 aliphatic carbocycles. The second kappa shape index (κ2) is 6.67. The summed E-state index contributed by atoms with van der Waals surface area (Å²) in [6.07, 6.45) is 7.25. The van der Waals surface area contributed by atoms with E-state index in [1.807, 2.05) is 6.20 Å². The number of aromatic nitrogens is 1. The number of nitrogens with one attached hydrogen (secondary N) is 1. The molecule has 0 amide bonds. The van der Waals surface area contributed by atoms with Gasteiger partial charge in [-0.3, -0.25) is 0 Å². The van der Waals surface area contributed by atoms with E-state index in [2.05, 4.69) is 35.1 Å². The second-order valence-corrected chi connectivity index (χ2v) is 9.23. The van der Waals surface area contributed by atoms with E-state index in [1.165, 1.54) is 19.3 Å². The summed E-state index contributed by atoms with van der Waals surface area (Å²) in [6.45, 7) is 5.43. The first-order valence-corrected chi connectivity index (χ1v) is 10.5. The molecular weight excluding hydrogens is 310 g/mol. The SMILES string of the molecule is Cc1cc(NC2CCCS(=O)(=O)C2)cnc1N1CCCCC1C. The van der Waals surface area contributed by atoms with Crippen molar-refractivity contribution in [3.63, 3.8) is 0 Å². The first-order chi connectivity index (χ1) is 10.9. The molecule has 2 atom stereocenters. The van der Waals surface area contributed by atoms with Crippen LogP contribution in [0.3, 0.4) is 0 Å². The van der Waals surface area contributed by atoms with E-state index in [1.54, 1.807) is 0 Å². The molecule has 3 rings (SSSR count). The average molecular weight is 337 g/mol. The van der Waals surface area contributed by atoms with Crippen molar-refractivity contribution in [2.75, 3.05) is 28.3 Å². The number of hydrogen-bond acceptors (Lipinski definition) is 5. The topological polar surface area (TPSA) is 62.3 Å². The Hall–Kier alpha value is -1.30. The fourth-order valence-corrected chi connectivity index (χ4v) is 5.37. The van der Waals surface area contributed by atoms with Gasteiger partial charge >= 0.3 is 0 Å². The van der Waals surface area contributed by atoms with Gasteiger partial charge in [0.2, 0.25) is 0 Å². The predicted molar refractivity (Wildman–Crippen MR) is 94.9 cm³/mol. The van der Waals surface area contributed by atoms with Gasteiger partial charge < -0.3 is 10.2 Å². The molecule has 6 heteroatoms. The third kappa shape index (κ3) is 3.97. The smallest absolute Gasteiger partial charge is 0.152 e. The van der Waals surface area contributed by atoms with E-state index >= 15 is 0 Å². The molecule has 1 aromatic heterocycles. The lowest BCUT2D eigenvalue weighted by Crippen LogP contribution is -2.38. The molecule has 0 radical (unpaired) electrons. The summed E-state index contributed by atoms with van der Waals surface area (Å²) in [7, 11) is -2.89. The van der Waals surface area contributed by atoms with Gasteiger partial charge in [0.15, 0.2) is 9.84 Å². The lowest BCUT2D eigenvalue weighted by Gasteiger charge is -2.35. The van der Waals surface area contributed by atoms with E-state index < -0.39 is 9.84 Å². The number of sulfone groups is 1. The van der Waals surface area contributed by atoms with Gasteiger partial charge in [0.05, 0.1) is 23.4 Å². The summed E-state index contributed by atoms with van der Waals surface area (Å²) < 4.78 is 23.5. The maximum absolute atomic E-state index is 11.8. The largest absolute Gasteiger partial charge is 0.380 e. The molecule has 0 saturated carbocycles. The van der Waals surface area contributed by atoms with Crippen LogP contribution in [0.1, 0.15) is 44.6 Å². The Morgan fingerprint density at radius 2 is 2.09 bits per heavy atom. The zero-order valence-corrected chi connectivity index (χ0v) is 14.9. The fraction of sp³-hybridized carbons (Fsp3) is 0.706. The highest BCUT2D eigenvalue weighted by Crippen LogP contribution is 2.27. The number of aryl methyl sites for hydroxylation is 1. The normalized spacial score (nSPS) is 27.7. The van der Waals surface area contributed by atoms with Crippen LogP contribution in [-0.4, -0.2) is 43.5 Å². The molecule has 128 valence electrons. The Balaban J connectivity index is 1.71. The minimum absolute atomic E-state index is 0.00899. The number of nitrogens with zero attached hydrogens (tertiary/aromatic N) is 2. The van der Waals surface area contributed by atoms with Crippen LogP contribution in [0.4, 0.5) is 11.5 Å². The first-order valence-electron chi connectivity index (χ1n) is 8.65. The van der Waals surface area contributed by atoms with Gasteiger partial charge in [-0.2, -0.15) is 0 Å². The van der Waals surface area contributed by atoms with Crippen molar-refractivity contribution in [2.24, 2.45) is 0 Å². The van der Waals surface area contributed by atoms with Crippen LogP contribution in [-0.2, 0) is 9.84 Å². The summed E-state index contributed by atoms with van der Waals surface area (Å²) in [5, 5.41) is 3.36. The molecule has 23 heavy (non-hydrogen) atoms. The van der Waals surface area contributed by atoms with Gasteiger partial charge in [0, 0.05) is 18.6 Å². The number of hydrogen-bond donors (Lipinski definition) is 1. The molecule has 1 N–H and O–H groups in total. The Labute approximate surface area is 139 Å². The van der Waals surface area contributed by atoms with E-state index in [4.69, 9.17) is 0 Å². The summed E-state index contributed by atoms with van der Waals surface area (Å²) >= 11 is 0. The van der Waals surface area contributed by atoms with E-state index in [-0.39, 0.29) is 11.8 Å². The summed E-state index contributed by atoms with van der Waals surface area (Å²) in [4.78, 5) is 7.06. The zero-order chi connectivity index (χ0) is 16.4. The molecular formula is C17H27N3O2S. The highest BCUT2D eigenvalue weighted by atomic mass is 32.2. The van der Waals surface area contributed by atoms with Gasteiger partial charge in [-0.1, -0.05) is 0 Å². The van der Waals surface area contributed by atoms with Crippen LogP contribution < -0.4 is 10.2 Å². The minimum Gasteiger partial charge on any atom is -0.380 e. The molecule has 0 spiro atoms. The molecule has 2 unspecified atom stereocenters. The highest BCUT2D eigenvalue weighted by molar-refractivity contribution is 7.91. The molecule has 2 saturated heterocycles. The lowest BCUT2D eigenvalue weighted by atomic mass is 10.0. The van der Waals surface area contributed by atoms with Crippen molar-refractivity contribution in [2.45, 2.75) is 58.0 Å². The summed E-state index contributed by atoms with van der Waals surface area (Å²) in [5.41, 5.74) is 2.08. The average Bonchev–Trinajstić information content (AvgIpc) is 2.47. The summed E-state index contributed by atoms with van der Waals surface area (Å²) in [5.74, 6) is 1.63. The maximum atomic E-state index is 11.8. The number of pyridine rings is 1. The first kappa shape index (κ1) is 16.6. The van der Waals surface area contributed by atoms with Crippen molar-refractivity contribution in [1.82, 2.24) is 4.98 Å². The van der Waals surface area contributed by atoms with Crippen LogP contribution in [0.25, 0.3) is 0 Å². The van der Waals surface area contributed by atoms with Crippen LogP contribution in [0.5, 0.6) is 0 Å². The molecule has 2 aliphatic heterocycles. The van der Waals surface area contributed by atoms with E-state index in [0.717, 1.165) is 36.5 Å². The molecule has 2 fully saturated rings. The van der Waals surface area contributed by atoms with E-state index in [9.17, 15) is 8.42 Å². The summed E-state index contributed by atoms with van der Waals surface area (Å²) in [6, 6.07) is 2.65. The molecule has 5 nitrogen and oxygen atoms in total. The molecule has 2 aliphatic rings. The zero-order valence-electron chi connectivity index (χ0n) is 14.1. The number of piperidine rings is 1. The van der Waals surface area contributed by atoms with Gasteiger partial charge in [-0.15, -0.1) is 0 Å². The van der Waals surface area contributed by atoms with Gasteiger partial charge in [0.1, 0.15) is 5.82 Å². The van der Waals surface area contributed by atoms with Crippen LogP contribution in [0.2, 0.25) is 0 Å². The third-order valence-electron chi connectivity index (χ3n) is 4.96. The van der Waals surface area contributed by atoms with Gasteiger partial charge in [0.25, 0.3) is 0 Å². The van der Waals surface area contributed by atoms with Crippen molar-refractivity contribution < 1.29 is 8.42 Å². The van der Waals surface area contributed by atoms with Gasteiger partial charge in [-0.25, -0.2) is 13.4 Å². The Morgan fingerprint density at radius 3 is 2.78 bits per heavy atom. The standard InChI is InChI=1S/C17H27N3O2S/c1-13-10-16(19-15-7-5-9-23(21,22)12-15)11-18-17(13)20-8-4-3-6-14(20)2/h10-11,14-15,19H,3-9,12H2,1-2H3. The third-order valence-corrected chi connectivity index (χ3v) is 6.78. The van der Waals surface area contributed by atoms with Crippen molar-refractivity contribution in [1.29, 1.82) is 0 Å². The lowest BCUT2D eigenvalue weighted by molar-refractivity contribution is 0.480. The van der Waals surface area contributed by atoms with E-state index in [0.29, 0.717) is 11.8 Å². The Bertz CT molecular complexity index is 660. The van der Waals surface area contributed by atoms with Crippen LogP contribution in [0.15, 0.2) is 12.3 Å². The molecule has 3 heterocycles. The predicted octanol–water partition coefficient (Wildman–Crippen LogP) is 2.76. The molecule has 0 bridgehead atoms. The molecule has 1 aromatic rings. The van der Waals surface area contributed by atoms with Crippen LogP contribution >= 0.6 is 0 Å². The van der Waals surface area contributed by atoms with Crippen molar-refractivity contribution >= 4 is 21.3 Å². The monoisotopic (exact) mass is 337 g/mol. The van der Waals surface area contributed by atoms with Crippen molar-refractivity contribution in [3.8, 4) is 0 Å². The number of rotatable bonds is 3. The van der Waals surface area contributed by atoms with Gasteiger partial charge in [-0.05, 0) is 57.6 Å². The minimum atomic E-state index is -2.89. The van der Waals surface area contributed by atoms with Crippen molar-refractivity contribution in [3.05, 3.63) is 17.8 Å². The Kier molecular flexibility index (Phi) is 4.80. The highest BCUT2D eigenvalue weighted by Gasteiger charge is 2.25. The quantitative estimate of drug-likeness (QED) is 0.919. The number of anilines is 2.